The lowest BCUT2D eigenvalue weighted by Gasteiger charge is -2.31. The summed E-state index contributed by atoms with van der Waals surface area (Å²) in [6.45, 7) is 4.78. The Labute approximate surface area is 123 Å². The van der Waals surface area contributed by atoms with E-state index in [2.05, 4.69) is 10.1 Å². The summed E-state index contributed by atoms with van der Waals surface area (Å²) in [4.78, 5) is 2.38. The van der Waals surface area contributed by atoms with Gasteiger partial charge in [0.15, 0.2) is 5.58 Å². The van der Waals surface area contributed by atoms with E-state index in [1.54, 1.807) is 6.07 Å². The average molecular weight is 292 g/mol. The molecule has 1 aliphatic heterocycles. The van der Waals surface area contributed by atoms with Crippen LogP contribution in [0.1, 0.15) is 37.8 Å². The van der Waals surface area contributed by atoms with Crippen molar-refractivity contribution < 1.29 is 14.0 Å². The molecule has 4 nitrogen and oxygen atoms in total. The minimum absolute atomic E-state index is 0.239. The highest BCUT2D eigenvalue weighted by Crippen LogP contribution is 2.32. The molecule has 1 fully saturated rings. The molecule has 1 atom stereocenters. The summed E-state index contributed by atoms with van der Waals surface area (Å²) in [5, 5.41) is 14.4. The Morgan fingerprint density at radius 3 is 2.90 bits per heavy atom. The third-order valence-corrected chi connectivity index (χ3v) is 4.30. The monoisotopic (exact) mass is 292 g/mol. The van der Waals surface area contributed by atoms with Crippen LogP contribution in [0.2, 0.25) is 0 Å². The summed E-state index contributed by atoms with van der Waals surface area (Å²) in [5.74, 6) is 0.0812. The first kappa shape index (κ1) is 14.5. The number of benzene rings is 1. The van der Waals surface area contributed by atoms with E-state index in [1.165, 1.54) is 12.1 Å². The molecule has 0 spiro atoms. The molecule has 0 bridgehead atoms. The minimum atomic E-state index is -0.293. The molecule has 0 saturated carbocycles. The van der Waals surface area contributed by atoms with Crippen molar-refractivity contribution in [2.45, 2.75) is 38.2 Å². The molecule has 1 aromatic carbocycles. The molecule has 2 aromatic rings. The fraction of sp³-hybridized carbons (Fsp3) is 0.562. The number of hydrogen-bond acceptors (Lipinski definition) is 4. The van der Waals surface area contributed by atoms with Gasteiger partial charge in [-0.2, -0.15) is 0 Å². The maximum Gasteiger partial charge on any atom is 0.170 e. The van der Waals surface area contributed by atoms with E-state index in [0.717, 1.165) is 50.0 Å². The third kappa shape index (κ3) is 3.24. The molecule has 2 heterocycles. The van der Waals surface area contributed by atoms with E-state index in [0.29, 0.717) is 11.5 Å². The van der Waals surface area contributed by atoms with Gasteiger partial charge < -0.3 is 14.5 Å². The Hall–Kier alpha value is -1.46. The number of halogens is 1. The summed E-state index contributed by atoms with van der Waals surface area (Å²) in [5.41, 5.74) is 1.49. The van der Waals surface area contributed by atoms with E-state index < -0.39 is 0 Å². The van der Waals surface area contributed by atoms with Crippen LogP contribution in [-0.2, 0) is 0 Å². The number of hydrogen-bond donors (Lipinski definition) is 1. The molecule has 0 unspecified atom stereocenters. The molecule has 0 aliphatic carbocycles. The SMILES string of the molecule is C[C@H](O)CCN1CCC(c2noc3cc(F)ccc23)CC1. The first-order valence-corrected chi connectivity index (χ1v) is 7.58. The van der Waals surface area contributed by atoms with Crippen molar-refractivity contribution in [2.75, 3.05) is 19.6 Å². The van der Waals surface area contributed by atoms with Crippen LogP contribution >= 0.6 is 0 Å². The molecule has 114 valence electrons. The van der Waals surface area contributed by atoms with Crippen LogP contribution in [0.5, 0.6) is 0 Å². The normalized spacial score (nSPS) is 19.2. The Kier molecular flexibility index (Phi) is 4.22. The summed E-state index contributed by atoms with van der Waals surface area (Å²) in [7, 11) is 0. The van der Waals surface area contributed by atoms with Crippen LogP contribution in [-0.4, -0.2) is 40.9 Å². The van der Waals surface area contributed by atoms with Gasteiger partial charge in [0.2, 0.25) is 0 Å². The summed E-state index contributed by atoms with van der Waals surface area (Å²) >= 11 is 0. The third-order valence-electron chi connectivity index (χ3n) is 4.30. The van der Waals surface area contributed by atoms with Crippen molar-refractivity contribution in [1.82, 2.24) is 10.1 Å². The highest BCUT2D eigenvalue weighted by Gasteiger charge is 2.25. The number of nitrogens with zero attached hydrogens (tertiary/aromatic N) is 2. The lowest BCUT2D eigenvalue weighted by molar-refractivity contribution is 0.141. The van der Waals surface area contributed by atoms with Gasteiger partial charge in [0.25, 0.3) is 0 Å². The number of aromatic nitrogens is 1. The fourth-order valence-electron chi connectivity index (χ4n) is 3.02. The Balaban J connectivity index is 1.66. The van der Waals surface area contributed by atoms with Gasteiger partial charge >= 0.3 is 0 Å². The van der Waals surface area contributed by atoms with Crippen LogP contribution in [0.15, 0.2) is 22.7 Å². The van der Waals surface area contributed by atoms with Crippen LogP contribution in [0.4, 0.5) is 4.39 Å². The quantitative estimate of drug-likeness (QED) is 0.941. The second-order valence-corrected chi connectivity index (χ2v) is 5.96. The number of fused-ring (bicyclic) bond motifs is 1. The lowest BCUT2D eigenvalue weighted by atomic mass is 9.91. The molecule has 1 aliphatic rings. The first-order chi connectivity index (χ1) is 10.1. The number of piperidine rings is 1. The molecule has 0 amide bonds. The zero-order valence-electron chi connectivity index (χ0n) is 12.3. The average Bonchev–Trinajstić information content (AvgIpc) is 2.88. The topological polar surface area (TPSA) is 49.5 Å². The maximum absolute atomic E-state index is 13.2. The van der Waals surface area contributed by atoms with Crippen molar-refractivity contribution in [2.24, 2.45) is 0 Å². The summed E-state index contributed by atoms with van der Waals surface area (Å²) in [6, 6.07) is 4.61. The number of aliphatic hydroxyl groups is 1. The number of rotatable bonds is 4. The highest BCUT2D eigenvalue weighted by atomic mass is 19.1. The van der Waals surface area contributed by atoms with Gasteiger partial charge in [0, 0.05) is 23.9 Å². The van der Waals surface area contributed by atoms with E-state index in [-0.39, 0.29) is 11.9 Å². The van der Waals surface area contributed by atoms with Crippen LogP contribution in [0.3, 0.4) is 0 Å². The maximum atomic E-state index is 13.2. The zero-order valence-corrected chi connectivity index (χ0v) is 12.3. The van der Waals surface area contributed by atoms with Gasteiger partial charge in [-0.1, -0.05) is 5.16 Å². The summed E-state index contributed by atoms with van der Waals surface area (Å²) < 4.78 is 18.4. The van der Waals surface area contributed by atoms with Gasteiger partial charge in [-0.3, -0.25) is 0 Å². The highest BCUT2D eigenvalue weighted by molar-refractivity contribution is 5.79. The van der Waals surface area contributed by atoms with Gasteiger partial charge in [-0.15, -0.1) is 0 Å². The standard InChI is InChI=1S/C16H21FN2O2/c1-11(20)4-7-19-8-5-12(6-9-19)16-14-3-2-13(17)10-15(14)21-18-16/h2-3,10-12,20H,4-9H2,1H3/t11-/m0/s1. The van der Waals surface area contributed by atoms with Crippen molar-refractivity contribution in [3.63, 3.8) is 0 Å². The molecule has 21 heavy (non-hydrogen) atoms. The predicted octanol–water partition coefficient (Wildman–Crippen LogP) is 2.92. The van der Waals surface area contributed by atoms with Crippen molar-refractivity contribution in [1.29, 1.82) is 0 Å². The van der Waals surface area contributed by atoms with Crippen LogP contribution in [0.25, 0.3) is 11.0 Å². The van der Waals surface area contributed by atoms with Crippen LogP contribution < -0.4 is 0 Å². The minimum Gasteiger partial charge on any atom is -0.393 e. The van der Waals surface area contributed by atoms with Crippen molar-refractivity contribution >= 4 is 11.0 Å². The fourth-order valence-corrected chi connectivity index (χ4v) is 3.02. The van der Waals surface area contributed by atoms with Crippen LogP contribution in [0, 0.1) is 5.82 Å². The zero-order chi connectivity index (χ0) is 14.8. The molecule has 1 N–H and O–H groups in total. The molecule has 5 heteroatoms. The Morgan fingerprint density at radius 1 is 1.43 bits per heavy atom. The van der Waals surface area contributed by atoms with E-state index in [9.17, 15) is 9.50 Å². The molecule has 1 aromatic heterocycles. The van der Waals surface area contributed by atoms with E-state index in [1.807, 2.05) is 6.92 Å². The Morgan fingerprint density at radius 2 is 2.19 bits per heavy atom. The largest absolute Gasteiger partial charge is 0.393 e. The van der Waals surface area contributed by atoms with Gasteiger partial charge in [0.05, 0.1) is 11.8 Å². The summed E-state index contributed by atoms with van der Waals surface area (Å²) in [6.07, 6.45) is 2.63. The van der Waals surface area contributed by atoms with Gasteiger partial charge in [-0.05, 0) is 51.4 Å². The molecule has 1 saturated heterocycles. The molecule has 3 rings (SSSR count). The van der Waals surface area contributed by atoms with Gasteiger partial charge in [-0.25, -0.2) is 4.39 Å². The molecule has 0 radical (unpaired) electrons. The lowest BCUT2D eigenvalue weighted by Crippen LogP contribution is -2.34. The first-order valence-electron chi connectivity index (χ1n) is 7.58. The smallest absolute Gasteiger partial charge is 0.170 e. The van der Waals surface area contributed by atoms with E-state index in [4.69, 9.17) is 4.52 Å². The number of aliphatic hydroxyl groups excluding tert-OH is 1. The van der Waals surface area contributed by atoms with Crippen molar-refractivity contribution in [3.05, 3.63) is 29.7 Å². The van der Waals surface area contributed by atoms with E-state index >= 15 is 0 Å². The molecular formula is C16H21FN2O2. The number of likely N-dealkylation sites (tertiary alicyclic amines) is 1. The van der Waals surface area contributed by atoms with Gasteiger partial charge in [0.1, 0.15) is 5.82 Å². The van der Waals surface area contributed by atoms with Crippen molar-refractivity contribution in [3.8, 4) is 0 Å². The second-order valence-electron chi connectivity index (χ2n) is 5.96. The predicted molar refractivity (Wildman–Crippen MR) is 78.7 cm³/mol. The second kappa shape index (κ2) is 6.12. The molecular weight excluding hydrogens is 271 g/mol. The Bertz CT molecular complexity index is 603.